The number of rotatable bonds is 7. The maximum absolute atomic E-state index is 11.5. The van der Waals surface area contributed by atoms with E-state index < -0.39 is 9.84 Å². The van der Waals surface area contributed by atoms with Crippen LogP contribution in [0.4, 0.5) is 0 Å². The fraction of sp³-hybridized carbons (Fsp3) is 0.444. The molecule has 0 unspecified atom stereocenters. The van der Waals surface area contributed by atoms with Gasteiger partial charge >= 0.3 is 0 Å². The highest BCUT2D eigenvalue weighted by molar-refractivity contribution is 7.90. The zero-order chi connectivity index (χ0) is 19.2. The number of sulfone groups is 1. The van der Waals surface area contributed by atoms with Crippen molar-refractivity contribution in [2.75, 3.05) is 26.4 Å². The van der Waals surface area contributed by atoms with Gasteiger partial charge < -0.3 is 10.6 Å². The molecule has 6 nitrogen and oxygen atoms in total. The molecule has 2 aromatic rings. The van der Waals surface area contributed by atoms with Crippen LogP contribution in [0.25, 0.3) is 0 Å². The third-order valence-electron chi connectivity index (χ3n) is 3.93. The number of nitrogens with one attached hydrogen (secondary N) is 2. The molecule has 0 atom stereocenters. The molecule has 0 saturated heterocycles. The summed E-state index contributed by atoms with van der Waals surface area (Å²) in [6.07, 6.45) is 2.93. The lowest BCUT2D eigenvalue weighted by Crippen LogP contribution is -2.39. The first kappa shape index (κ1) is 20.4. The number of aromatic nitrogens is 1. The first-order valence-corrected chi connectivity index (χ1v) is 11.2. The number of hydrogen-bond donors (Lipinski definition) is 2. The predicted molar refractivity (Wildman–Crippen MR) is 108 cm³/mol. The largest absolute Gasteiger partial charge is 0.356 e. The third-order valence-corrected chi connectivity index (χ3v) is 6.19. The van der Waals surface area contributed by atoms with Crippen molar-refractivity contribution in [2.24, 2.45) is 4.99 Å². The summed E-state index contributed by atoms with van der Waals surface area (Å²) in [6, 6.07) is 7.00. The van der Waals surface area contributed by atoms with E-state index in [0.29, 0.717) is 4.90 Å². The molecule has 0 aliphatic heterocycles. The number of guanidine groups is 1. The molecule has 2 N–H and O–H groups in total. The molecular weight excluding hydrogens is 368 g/mol. The van der Waals surface area contributed by atoms with Gasteiger partial charge in [-0.3, -0.25) is 4.99 Å². The van der Waals surface area contributed by atoms with Gasteiger partial charge in [0.05, 0.1) is 15.6 Å². The maximum Gasteiger partial charge on any atom is 0.190 e. The molecule has 0 amide bonds. The molecule has 26 heavy (non-hydrogen) atoms. The number of hydrogen-bond acceptors (Lipinski definition) is 5. The molecule has 0 saturated carbocycles. The molecule has 0 radical (unpaired) electrons. The number of aryl methyl sites for hydroxylation is 2. The Bertz CT molecular complexity index is 856. The van der Waals surface area contributed by atoms with Crippen molar-refractivity contribution < 1.29 is 8.42 Å². The lowest BCUT2D eigenvalue weighted by Gasteiger charge is -2.11. The Morgan fingerprint density at radius 2 is 1.73 bits per heavy atom. The van der Waals surface area contributed by atoms with Crippen LogP contribution in [-0.2, 0) is 22.7 Å². The molecule has 1 aromatic carbocycles. The van der Waals surface area contributed by atoms with Crippen molar-refractivity contribution in [3.8, 4) is 0 Å². The molecule has 1 heterocycles. The fourth-order valence-electron chi connectivity index (χ4n) is 2.55. The normalized spacial score (nSPS) is 12.2. The number of benzene rings is 1. The Morgan fingerprint density at radius 1 is 1.12 bits per heavy atom. The maximum atomic E-state index is 11.5. The molecule has 0 fully saturated rings. The van der Waals surface area contributed by atoms with Crippen LogP contribution in [0.2, 0.25) is 0 Å². The first-order chi connectivity index (χ1) is 12.3. The highest BCUT2D eigenvalue weighted by Crippen LogP contribution is 2.17. The predicted octanol–water partition coefficient (Wildman–Crippen LogP) is 2.11. The number of nitrogens with zero attached hydrogens (tertiary/aromatic N) is 2. The average molecular weight is 395 g/mol. The Hall–Kier alpha value is -1.93. The van der Waals surface area contributed by atoms with Gasteiger partial charge in [-0.25, -0.2) is 13.4 Å². The summed E-state index contributed by atoms with van der Waals surface area (Å²) >= 11 is 1.74. The number of aliphatic imine (C=N–C) groups is 1. The van der Waals surface area contributed by atoms with E-state index in [1.54, 1.807) is 30.5 Å². The lowest BCUT2D eigenvalue weighted by atomic mass is 10.1. The minimum Gasteiger partial charge on any atom is -0.356 e. The van der Waals surface area contributed by atoms with E-state index in [1.807, 2.05) is 26.0 Å². The van der Waals surface area contributed by atoms with Crippen molar-refractivity contribution in [2.45, 2.75) is 31.6 Å². The van der Waals surface area contributed by atoms with E-state index in [2.05, 4.69) is 20.6 Å². The molecule has 1 aromatic heterocycles. The summed E-state index contributed by atoms with van der Waals surface area (Å²) in [5.74, 6) is 0.761. The second kappa shape index (κ2) is 9.14. The van der Waals surface area contributed by atoms with Gasteiger partial charge in [0.2, 0.25) is 0 Å². The van der Waals surface area contributed by atoms with Crippen LogP contribution in [0.1, 0.15) is 21.1 Å². The van der Waals surface area contributed by atoms with Crippen molar-refractivity contribution in [3.05, 3.63) is 45.4 Å². The monoisotopic (exact) mass is 394 g/mol. The summed E-state index contributed by atoms with van der Waals surface area (Å²) in [6.45, 7) is 5.58. The van der Waals surface area contributed by atoms with Gasteiger partial charge in [-0.2, -0.15) is 0 Å². The Kier molecular flexibility index (Phi) is 7.16. The smallest absolute Gasteiger partial charge is 0.190 e. The van der Waals surface area contributed by atoms with Gasteiger partial charge in [-0.1, -0.05) is 12.1 Å². The number of thiazole rings is 1. The molecule has 142 valence electrons. The molecule has 2 rings (SSSR count). The van der Waals surface area contributed by atoms with Gasteiger partial charge in [0, 0.05) is 37.7 Å². The summed E-state index contributed by atoms with van der Waals surface area (Å²) in [5.41, 5.74) is 2.19. The SMILES string of the molecule is CN=C(NCCc1ccc(S(C)(=O)=O)cc1)NCCc1sc(C)nc1C. The highest BCUT2D eigenvalue weighted by atomic mass is 32.2. The van der Waals surface area contributed by atoms with E-state index in [9.17, 15) is 8.42 Å². The zero-order valence-electron chi connectivity index (χ0n) is 15.7. The van der Waals surface area contributed by atoms with Crippen LogP contribution in [0.15, 0.2) is 34.2 Å². The second-order valence-corrected chi connectivity index (χ2v) is 9.39. The first-order valence-electron chi connectivity index (χ1n) is 8.46. The van der Waals surface area contributed by atoms with Gasteiger partial charge in [-0.05, 0) is 38.0 Å². The summed E-state index contributed by atoms with van der Waals surface area (Å²) < 4.78 is 22.9. The van der Waals surface area contributed by atoms with E-state index in [0.717, 1.165) is 48.2 Å². The quantitative estimate of drug-likeness (QED) is 0.555. The molecule has 8 heteroatoms. The van der Waals surface area contributed by atoms with Gasteiger partial charge in [0.25, 0.3) is 0 Å². The minimum atomic E-state index is -3.14. The van der Waals surface area contributed by atoms with Crippen molar-refractivity contribution in [1.82, 2.24) is 15.6 Å². The molecular formula is C18H26N4O2S2. The topological polar surface area (TPSA) is 83.5 Å². The van der Waals surface area contributed by atoms with Gasteiger partial charge in [-0.15, -0.1) is 11.3 Å². The van der Waals surface area contributed by atoms with Crippen LogP contribution >= 0.6 is 11.3 Å². The van der Waals surface area contributed by atoms with Crippen LogP contribution in [0, 0.1) is 13.8 Å². The van der Waals surface area contributed by atoms with E-state index in [1.165, 1.54) is 11.1 Å². The Balaban J connectivity index is 1.75. The van der Waals surface area contributed by atoms with Gasteiger partial charge in [0.1, 0.15) is 0 Å². The van der Waals surface area contributed by atoms with Crippen molar-refractivity contribution in [1.29, 1.82) is 0 Å². The Labute approximate surface area is 159 Å². The molecule has 0 bridgehead atoms. The van der Waals surface area contributed by atoms with Crippen LogP contribution in [0.5, 0.6) is 0 Å². The summed E-state index contributed by atoms with van der Waals surface area (Å²) in [4.78, 5) is 10.3. The Morgan fingerprint density at radius 3 is 2.23 bits per heavy atom. The summed E-state index contributed by atoms with van der Waals surface area (Å²) in [5, 5.41) is 7.68. The van der Waals surface area contributed by atoms with Crippen LogP contribution < -0.4 is 10.6 Å². The van der Waals surface area contributed by atoms with Crippen molar-refractivity contribution in [3.63, 3.8) is 0 Å². The fourth-order valence-corrected chi connectivity index (χ4v) is 4.12. The third kappa shape index (κ3) is 6.10. The van der Waals surface area contributed by atoms with E-state index in [-0.39, 0.29) is 0 Å². The zero-order valence-corrected chi connectivity index (χ0v) is 17.3. The summed E-state index contributed by atoms with van der Waals surface area (Å²) in [7, 11) is -1.39. The minimum absolute atomic E-state index is 0.347. The molecule has 0 aliphatic carbocycles. The molecule has 0 spiro atoms. The van der Waals surface area contributed by atoms with E-state index in [4.69, 9.17) is 0 Å². The lowest BCUT2D eigenvalue weighted by molar-refractivity contribution is 0.602. The average Bonchev–Trinajstić information content (AvgIpc) is 2.90. The van der Waals surface area contributed by atoms with E-state index >= 15 is 0 Å². The van der Waals surface area contributed by atoms with Crippen LogP contribution in [-0.4, -0.2) is 45.8 Å². The van der Waals surface area contributed by atoms with Crippen LogP contribution in [0.3, 0.4) is 0 Å². The second-order valence-electron chi connectivity index (χ2n) is 6.08. The van der Waals surface area contributed by atoms with Crippen molar-refractivity contribution >= 4 is 27.1 Å². The highest BCUT2D eigenvalue weighted by Gasteiger charge is 2.07. The molecule has 0 aliphatic rings. The van der Waals surface area contributed by atoms with Gasteiger partial charge in [0.15, 0.2) is 15.8 Å². The standard InChI is InChI=1S/C18H26N4O2S2/c1-13-17(25-14(2)22-13)10-12-21-18(19-3)20-11-9-15-5-7-16(8-6-15)26(4,23)24/h5-8H,9-12H2,1-4H3,(H2,19,20,21).